The first kappa shape index (κ1) is 19.3. The predicted octanol–water partition coefficient (Wildman–Crippen LogP) is 1.52. The molecule has 0 unspecified atom stereocenters. The van der Waals surface area contributed by atoms with Crippen molar-refractivity contribution in [3.8, 4) is 0 Å². The van der Waals surface area contributed by atoms with Gasteiger partial charge in [0.25, 0.3) is 11.8 Å². The van der Waals surface area contributed by atoms with E-state index in [9.17, 15) is 14.0 Å². The normalized spacial score (nSPS) is 20.2. The van der Waals surface area contributed by atoms with Crippen molar-refractivity contribution in [3.63, 3.8) is 0 Å². The Bertz CT molecular complexity index is 1120. The minimum atomic E-state index is -1.12. The molecule has 2 atom stereocenters. The van der Waals surface area contributed by atoms with E-state index in [1.807, 2.05) is 24.3 Å². The van der Waals surface area contributed by atoms with Crippen LogP contribution in [0, 0.1) is 0 Å². The largest absolute Gasteiger partial charge is 0.331 e. The topological polar surface area (TPSA) is 97.1 Å². The second kappa shape index (κ2) is 7.86. The fourth-order valence-corrected chi connectivity index (χ4v) is 4.25. The Balaban J connectivity index is 1.31. The molecule has 158 valence electrons. The summed E-state index contributed by atoms with van der Waals surface area (Å²) < 4.78 is 15.6. The molecule has 2 aliphatic rings. The monoisotopic (exact) mass is 421 g/mol. The average molecular weight is 421 g/mol. The summed E-state index contributed by atoms with van der Waals surface area (Å²) in [6.45, 7) is 0.846. The first-order valence-corrected chi connectivity index (χ1v) is 10.1. The molecular weight excluding hydrogens is 401 g/mol. The molecule has 0 bridgehead atoms. The number of carbonyl (C=O) groups excluding carboxylic acids is 2. The molecule has 31 heavy (non-hydrogen) atoms. The van der Waals surface area contributed by atoms with Crippen molar-refractivity contribution in [1.29, 1.82) is 0 Å². The van der Waals surface area contributed by atoms with E-state index in [1.54, 1.807) is 11.1 Å². The van der Waals surface area contributed by atoms with Gasteiger partial charge in [0.1, 0.15) is 12.5 Å². The number of halogens is 1. The zero-order chi connectivity index (χ0) is 21.4. The van der Waals surface area contributed by atoms with Gasteiger partial charge in [0.05, 0.1) is 30.9 Å². The van der Waals surface area contributed by atoms with E-state index in [0.29, 0.717) is 12.1 Å². The highest BCUT2D eigenvalue weighted by Crippen LogP contribution is 2.28. The van der Waals surface area contributed by atoms with Crippen LogP contribution in [0.3, 0.4) is 0 Å². The fourth-order valence-electron chi connectivity index (χ4n) is 4.25. The molecule has 1 fully saturated rings. The van der Waals surface area contributed by atoms with Gasteiger partial charge in [-0.2, -0.15) is 0 Å². The fraction of sp³-hybridized carbons (Fsp3) is 0.333. The van der Waals surface area contributed by atoms with Crippen molar-refractivity contribution >= 4 is 17.5 Å². The molecule has 2 aromatic heterocycles. The lowest BCUT2D eigenvalue weighted by molar-refractivity contribution is 0.0713. The maximum Gasteiger partial charge on any atom is 0.280 e. The van der Waals surface area contributed by atoms with Gasteiger partial charge >= 0.3 is 0 Å². The molecule has 10 heteroatoms. The first-order chi connectivity index (χ1) is 15.1. The average Bonchev–Trinajstić information content (AvgIpc) is 3.52. The highest BCUT2D eigenvalue weighted by atomic mass is 19.1. The Morgan fingerprint density at radius 2 is 1.94 bits per heavy atom. The molecule has 1 saturated heterocycles. The Morgan fingerprint density at radius 1 is 1.13 bits per heavy atom. The molecule has 1 aromatic carbocycles. The van der Waals surface area contributed by atoms with Crippen molar-refractivity contribution < 1.29 is 14.0 Å². The molecule has 0 saturated carbocycles. The maximum atomic E-state index is 14.1. The number of amides is 2. The van der Waals surface area contributed by atoms with Gasteiger partial charge in [0.15, 0.2) is 5.69 Å². The number of aromatic nitrogens is 5. The van der Waals surface area contributed by atoms with Gasteiger partial charge in [0.2, 0.25) is 0 Å². The highest BCUT2D eigenvalue weighted by Gasteiger charge is 2.36. The SMILES string of the molecule is O=C(c1cn(C[C@@H]2C[C@H](F)CN2C(=O)c2cncnc2)nn1)N1CCc2ccccc21. The second-order valence-electron chi connectivity index (χ2n) is 7.73. The summed E-state index contributed by atoms with van der Waals surface area (Å²) in [6, 6.07) is 7.38. The molecular formula is C21H20FN7O2. The van der Waals surface area contributed by atoms with Crippen molar-refractivity contribution in [3.05, 3.63) is 66.0 Å². The Hall–Kier alpha value is -3.69. The second-order valence-corrected chi connectivity index (χ2v) is 7.73. The lowest BCUT2D eigenvalue weighted by atomic mass is 10.2. The lowest BCUT2D eigenvalue weighted by Gasteiger charge is -2.23. The highest BCUT2D eigenvalue weighted by molar-refractivity contribution is 6.05. The number of nitrogens with zero attached hydrogens (tertiary/aromatic N) is 7. The third-order valence-corrected chi connectivity index (χ3v) is 5.72. The van der Waals surface area contributed by atoms with Gasteiger partial charge in [-0.3, -0.25) is 9.59 Å². The molecule has 4 heterocycles. The summed E-state index contributed by atoms with van der Waals surface area (Å²) >= 11 is 0. The zero-order valence-corrected chi connectivity index (χ0v) is 16.6. The van der Waals surface area contributed by atoms with Crippen molar-refractivity contribution in [1.82, 2.24) is 29.9 Å². The molecule has 9 nitrogen and oxygen atoms in total. The number of fused-ring (bicyclic) bond motifs is 1. The van der Waals surface area contributed by atoms with Gasteiger partial charge in [-0.25, -0.2) is 19.0 Å². The molecule has 0 spiro atoms. The molecule has 2 aliphatic heterocycles. The van der Waals surface area contributed by atoms with Crippen LogP contribution in [-0.2, 0) is 13.0 Å². The lowest BCUT2D eigenvalue weighted by Crippen LogP contribution is -2.38. The number of rotatable bonds is 4. The van der Waals surface area contributed by atoms with Crippen molar-refractivity contribution in [2.75, 3.05) is 18.0 Å². The van der Waals surface area contributed by atoms with Crippen LogP contribution in [-0.4, -0.2) is 67.0 Å². The summed E-state index contributed by atoms with van der Waals surface area (Å²) in [6.07, 6.45) is 5.60. The molecule has 0 aliphatic carbocycles. The number of hydrogen-bond donors (Lipinski definition) is 0. The van der Waals surface area contributed by atoms with E-state index >= 15 is 0 Å². The third-order valence-electron chi connectivity index (χ3n) is 5.72. The van der Waals surface area contributed by atoms with Crippen LogP contribution in [0.15, 0.2) is 49.2 Å². The van der Waals surface area contributed by atoms with Crippen LogP contribution in [0.1, 0.15) is 32.8 Å². The first-order valence-electron chi connectivity index (χ1n) is 10.1. The van der Waals surface area contributed by atoms with E-state index in [1.165, 1.54) is 28.3 Å². The Labute approximate surface area is 177 Å². The summed E-state index contributed by atoms with van der Waals surface area (Å²) in [4.78, 5) is 36.6. The molecule has 5 rings (SSSR count). The van der Waals surface area contributed by atoms with Gasteiger partial charge < -0.3 is 9.80 Å². The van der Waals surface area contributed by atoms with Crippen molar-refractivity contribution in [2.24, 2.45) is 0 Å². The van der Waals surface area contributed by atoms with Crippen LogP contribution in [0.25, 0.3) is 0 Å². The summed E-state index contributed by atoms with van der Waals surface area (Å²) in [7, 11) is 0. The smallest absolute Gasteiger partial charge is 0.280 e. The Kier molecular flexibility index (Phi) is 4.89. The van der Waals surface area contributed by atoms with Crippen LogP contribution < -0.4 is 4.90 Å². The van der Waals surface area contributed by atoms with E-state index in [4.69, 9.17) is 0 Å². The Morgan fingerprint density at radius 3 is 2.77 bits per heavy atom. The quantitative estimate of drug-likeness (QED) is 0.634. The van der Waals surface area contributed by atoms with Crippen LogP contribution >= 0.6 is 0 Å². The van der Waals surface area contributed by atoms with Crippen LogP contribution in [0.4, 0.5) is 10.1 Å². The van der Waals surface area contributed by atoms with E-state index in [-0.39, 0.29) is 37.0 Å². The number of benzene rings is 1. The van der Waals surface area contributed by atoms with Crippen LogP contribution in [0.2, 0.25) is 0 Å². The molecule has 2 amide bonds. The third kappa shape index (κ3) is 3.65. The zero-order valence-electron chi connectivity index (χ0n) is 16.6. The molecule has 0 N–H and O–H groups in total. The van der Waals surface area contributed by atoms with Gasteiger partial charge in [-0.1, -0.05) is 23.4 Å². The van der Waals surface area contributed by atoms with E-state index in [0.717, 1.165) is 17.7 Å². The predicted molar refractivity (Wildman–Crippen MR) is 108 cm³/mol. The minimum absolute atomic E-state index is 0.00341. The maximum absolute atomic E-state index is 14.1. The number of hydrogen-bond acceptors (Lipinski definition) is 6. The summed E-state index contributed by atoms with van der Waals surface area (Å²) in [5, 5.41) is 8.08. The number of carbonyl (C=O) groups is 2. The number of anilines is 1. The van der Waals surface area contributed by atoms with Crippen molar-refractivity contribution in [2.45, 2.75) is 31.6 Å². The van der Waals surface area contributed by atoms with E-state index < -0.39 is 12.2 Å². The summed E-state index contributed by atoms with van der Waals surface area (Å²) in [5.41, 5.74) is 2.55. The summed E-state index contributed by atoms with van der Waals surface area (Å²) in [5.74, 6) is -0.545. The van der Waals surface area contributed by atoms with Gasteiger partial charge in [0, 0.05) is 31.0 Å². The van der Waals surface area contributed by atoms with Gasteiger partial charge in [-0.05, 0) is 18.1 Å². The van der Waals surface area contributed by atoms with Gasteiger partial charge in [-0.15, -0.1) is 5.10 Å². The number of para-hydroxylation sites is 1. The number of likely N-dealkylation sites (tertiary alicyclic amines) is 1. The molecule has 0 radical (unpaired) electrons. The van der Waals surface area contributed by atoms with Crippen LogP contribution in [0.5, 0.6) is 0 Å². The number of alkyl halides is 1. The van der Waals surface area contributed by atoms with E-state index in [2.05, 4.69) is 20.3 Å². The molecule has 3 aromatic rings. The minimum Gasteiger partial charge on any atom is -0.331 e. The standard InChI is InChI=1S/C21H20FN7O2/c22-16-7-17(29(10-16)20(30)15-8-23-13-24-9-15)11-27-12-18(25-26-27)21(31)28-6-5-14-3-1-2-4-19(14)28/h1-4,8-9,12-13,16-17H,5-7,10-11H2/t16-,17-/m0/s1.